The van der Waals surface area contributed by atoms with Gasteiger partial charge < -0.3 is 29.7 Å². The fraction of sp³-hybridized carbons (Fsp3) is 0.400. The van der Waals surface area contributed by atoms with Gasteiger partial charge >= 0.3 is 6.09 Å². The van der Waals surface area contributed by atoms with Crippen LogP contribution >= 0.6 is 11.3 Å². The fourth-order valence-corrected chi connectivity index (χ4v) is 4.99. The number of carbonyl (C=O) groups excluding carboxylic acids is 2. The van der Waals surface area contributed by atoms with E-state index < -0.39 is 6.17 Å². The lowest BCUT2D eigenvalue weighted by Crippen LogP contribution is -2.39. The van der Waals surface area contributed by atoms with Gasteiger partial charge in [0.05, 0.1) is 32.9 Å². The van der Waals surface area contributed by atoms with Gasteiger partial charge in [0.1, 0.15) is 22.7 Å². The summed E-state index contributed by atoms with van der Waals surface area (Å²) >= 11 is 1.51. The van der Waals surface area contributed by atoms with Crippen LogP contribution in [0, 0.1) is 0 Å². The third-order valence-corrected chi connectivity index (χ3v) is 6.26. The summed E-state index contributed by atoms with van der Waals surface area (Å²) in [6.45, 7) is 3.13. The van der Waals surface area contributed by atoms with Crippen LogP contribution in [-0.2, 0) is 17.7 Å². The number of hydrogen-bond acceptors (Lipinski definition) is 7. The summed E-state index contributed by atoms with van der Waals surface area (Å²) in [5, 5.41) is 7.25. The van der Waals surface area contributed by atoms with Crippen molar-refractivity contribution in [3.05, 3.63) is 39.8 Å². The maximum Gasteiger partial charge on any atom is 0.410 e. The molecule has 0 radical (unpaired) electrons. The Kier molecular flexibility index (Phi) is 5.23. The minimum absolute atomic E-state index is 0.122. The van der Waals surface area contributed by atoms with Gasteiger partial charge in [-0.25, -0.2) is 4.79 Å². The van der Waals surface area contributed by atoms with E-state index in [2.05, 4.69) is 10.6 Å². The van der Waals surface area contributed by atoms with E-state index in [4.69, 9.17) is 14.2 Å². The molecule has 0 spiro atoms. The molecular formula is C20H23N3O5S. The van der Waals surface area contributed by atoms with Gasteiger partial charge in [-0.3, -0.25) is 4.79 Å². The zero-order valence-corrected chi connectivity index (χ0v) is 17.4. The van der Waals surface area contributed by atoms with Crippen molar-refractivity contribution in [2.75, 3.05) is 32.7 Å². The van der Waals surface area contributed by atoms with E-state index >= 15 is 0 Å². The molecular weight excluding hydrogens is 394 g/mol. The third-order valence-electron chi connectivity index (χ3n) is 5.11. The lowest BCUT2D eigenvalue weighted by atomic mass is 10.0. The largest absolute Gasteiger partial charge is 0.497 e. The number of benzene rings is 1. The van der Waals surface area contributed by atoms with Crippen LogP contribution in [0.3, 0.4) is 0 Å². The zero-order valence-electron chi connectivity index (χ0n) is 16.5. The van der Waals surface area contributed by atoms with Crippen molar-refractivity contribution in [3.8, 4) is 11.5 Å². The Hall–Kier alpha value is -2.94. The van der Waals surface area contributed by atoms with Crippen LogP contribution in [0.25, 0.3) is 0 Å². The predicted octanol–water partition coefficient (Wildman–Crippen LogP) is 3.13. The lowest BCUT2D eigenvalue weighted by Gasteiger charge is -2.29. The number of ether oxygens (including phenoxy) is 3. The number of rotatable bonds is 4. The van der Waals surface area contributed by atoms with E-state index in [0.29, 0.717) is 43.2 Å². The molecule has 9 heteroatoms. The zero-order chi connectivity index (χ0) is 20.5. The maximum absolute atomic E-state index is 12.9. The van der Waals surface area contributed by atoms with Crippen molar-refractivity contribution >= 4 is 28.3 Å². The van der Waals surface area contributed by atoms with Crippen molar-refractivity contribution in [2.24, 2.45) is 0 Å². The Labute approximate surface area is 172 Å². The number of carbonyl (C=O) groups is 2. The second kappa shape index (κ2) is 7.82. The Bertz CT molecular complexity index is 958. The van der Waals surface area contributed by atoms with Gasteiger partial charge in [0, 0.05) is 23.1 Å². The van der Waals surface area contributed by atoms with Crippen LogP contribution in [-0.4, -0.2) is 44.3 Å². The molecule has 4 rings (SSSR count). The van der Waals surface area contributed by atoms with E-state index in [0.717, 1.165) is 21.0 Å². The molecule has 2 amide bonds. The molecule has 0 saturated carbocycles. The number of thiophene rings is 1. The lowest BCUT2D eigenvalue weighted by molar-refractivity contribution is 0.0933. The number of nitrogens with zero attached hydrogens (tertiary/aromatic N) is 1. The summed E-state index contributed by atoms with van der Waals surface area (Å²) in [5.41, 5.74) is 2.50. The first-order valence-corrected chi connectivity index (χ1v) is 10.2. The van der Waals surface area contributed by atoms with Crippen LogP contribution in [0.2, 0.25) is 0 Å². The van der Waals surface area contributed by atoms with Crippen molar-refractivity contribution in [1.29, 1.82) is 0 Å². The van der Waals surface area contributed by atoms with Gasteiger partial charge in [-0.1, -0.05) is 0 Å². The summed E-state index contributed by atoms with van der Waals surface area (Å²) < 4.78 is 15.8. The average molecular weight is 417 g/mol. The molecule has 1 aromatic heterocycles. The minimum atomic E-state index is -0.419. The van der Waals surface area contributed by atoms with Gasteiger partial charge in [0.2, 0.25) is 0 Å². The van der Waals surface area contributed by atoms with E-state index in [9.17, 15) is 9.59 Å². The molecule has 0 bridgehead atoms. The van der Waals surface area contributed by atoms with E-state index in [1.807, 2.05) is 12.1 Å². The highest BCUT2D eigenvalue weighted by Crippen LogP contribution is 2.42. The van der Waals surface area contributed by atoms with Crippen LogP contribution in [0.5, 0.6) is 11.5 Å². The molecule has 3 heterocycles. The molecule has 8 nitrogen and oxygen atoms in total. The number of nitrogens with one attached hydrogen (secondary N) is 2. The van der Waals surface area contributed by atoms with Crippen molar-refractivity contribution in [2.45, 2.75) is 26.1 Å². The van der Waals surface area contributed by atoms with Crippen molar-refractivity contribution in [3.63, 3.8) is 0 Å². The molecule has 2 aliphatic rings. The van der Waals surface area contributed by atoms with E-state index in [1.165, 1.54) is 11.3 Å². The molecule has 29 heavy (non-hydrogen) atoms. The summed E-state index contributed by atoms with van der Waals surface area (Å²) in [5.74, 6) is 1.18. The molecule has 1 aromatic carbocycles. The molecule has 0 aliphatic carbocycles. The van der Waals surface area contributed by atoms with Gasteiger partial charge in [0.25, 0.3) is 5.91 Å². The first-order valence-electron chi connectivity index (χ1n) is 9.41. The van der Waals surface area contributed by atoms with Gasteiger partial charge in [0.15, 0.2) is 0 Å². The molecule has 154 valence electrons. The standard InChI is InChI=1S/C20H23N3O5S/c1-4-28-20(25)23-8-7-13-15(10-23)29-19-16(13)18(24)21-17(22-19)12-6-5-11(26-2)9-14(12)27-3/h5-6,9,17,22H,4,7-8,10H2,1-3H3,(H,21,24)/t17-/m0/s1. The first kappa shape index (κ1) is 19.4. The summed E-state index contributed by atoms with van der Waals surface area (Å²) in [7, 11) is 3.18. The highest BCUT2D eigenvalue weighted by Gasteiger charge is 2.35. The van der Waals surface area contributed by atoms with Crippen molar-refractivity contribution in [1.82, 2.24) is 10.2 Å². The van der Waals surface area contributed by atoms with Crippen molar-refractivity contribution < 1.29 is 23.8 Å². The Morgan fingerprint density at radius 2 is 2.10 bits per heavy atom. The monoisotopic (exact) mass is 417 g/mol. The molecule has 1 atom stereocenters. The minimum Gasteiger partial charge on any atom is -0.497 e. The molecule has 0 unspecified atom stereocenters. The molecule has 0 saturated heterocycles. The summed E-state index contributed by atoms with van der Waals surface area (Å²) in [4.78, 5) is 27.7. The Morgan fingerprint density at radius 3 is 2.83 bits per heavy atom. The first-order chi connectivity index (χ1) is 14.0. The molecule has 2 aromatic rings. The normalized spacial score (nSPS) is 17.6. The number of fused-ring (bicyclic) bond motifs is 3. The predicted molar refractivity (Wildman–Crippen MR) is 109 cm³/mol. The highest BCUT2D eigenvalue weighted by atomic mass is 32.1. The second-order valence-electron chi connectivity index (χ2n) is 6.74. The quantitative estimate of drug-likeness (QED) is 0.795. The van der Waals surface area contributed by atoms with E-state index in [-0.39, 0.29) is 12.0 Å². The highest BCUT2D eigenvalue weighted by molar-refractivity contribution is 7.16. The third kappa shape index (κ3) is 3.46. The van der Waals surface area contributed by atoms with Gasteiger partial charge in [-0.2, -0.15) is 0 Å². The van der Waals surface area contributed by atoms with Gasteiger partial charge in [-0.15, -0.1) is 11.3 Å². The molecule has 2 N–H and O–H groups in total. The van der Waals surface area contributed by atoms with E-state index in [1.54, 1.807) is 32.1 Å². The van der Waals surface area contributed by atoms with Crippen LogP contribution in [0.4, 0.5) is 9.80 Å². The Balaban J connectivity index is 1.61. The average Bonchev–Trinajstić information content (AvgIpc) is 3.11. The van der Waals surface area contributed by atoms with Gasteiger partial charge in [-0.05, 0) is 31.0 Å². The maximum atomic E-state index is 12.9. The molecule has 2 aliphatic heterocycles. The number of anilines is 1. The number of amides is 2. The van der Waals surface area contributed by atoms with Crippen LogP contribution in [0.1, 0.15) is 39.5 Å². The summed E-state index contributed by atoms with van der Waals surface area (Å²) in [6, 6.07) is 5.49. The second-order valence-corrected chi connectivity index (χ2v) is 7.84. The van der Waals surface area contributed by atoms with Crippen LogP contribution in [0.15, 0.2) is 18.2 Å². The fourth-order valence-electron chi connectivity index (χ4n) is 3.70. The Morgan fingerprint density at radius 1 is 1.28 bits per heavy atom. The topological polar surface area (TPSA) is 89.1 Å². The smallest absolute Gasteiger partial charge is 0.410 e. The number of methoxy groups -OCH3 is 2. The SMILES string of the molecule is CCOC(=O)N1CCc2c(sc3c2C(=O)N[C@H](c2ccc(OC)cc2OC)N3)C1. The number of hydrogen-bond donors (Lipinski definition) is 2. The van der Waals surface area contributed by atoms with Crippen LogP contribution < -0.4 is 20.1 Å². The molecule has 0 fully saturated rings. The summed E-state index contributed by atoms with van der Waals surface area (Å²) in [6.07, 6.45) is -0.106.